The molecule has 1 heterocycles. The molecule has 0 amide bonds. The van der Waals surface area contributed by atoms with Crippen molar-refractivity contribution in [1.82, 2.24) is 4.98 Å². The molecule has 3 unspecified atom stereocenters. The average molecular weight is 291 g/mol. The molecule has 5 heteroatoms. The molecule has 0 spiro atoms. The lowest BCUT2D eigenvalue weighted by atomic mass is 9.75. The molecule has 1 aliphatic rings. The molecular weight excluding hydrogens is 266 g/mol. The number of amidine groups is 1. The third-order valence-corrected chi connectivity index (χ3v) is 4.37. The predicted octanol–water partition coefficient (Wildman–Crippen LogP) is 3.02. The molecule has 116 valence electrons. The van der Waals surface area contributed by atoms with E-state index in [4.69, 9.17) is 15.7 Å². The van der Waals surface area contributed by atoms with Crippen molar-refractivity contribution >= 4 is 5.84 Å². The van der Waals surface area contributed by atoms with Crippen LogP contribution in [0.1, 0.15) is 45.6 Å². The first-order valence-electron chi connectivity index (χ1n) is 7.61. The number of rotatable bonds is 4. The van der Waals surface area contributed by atoms with Crippen LogP contribution in [0, 0.1) is 17.8 Å². The van der Waals surface area contributed by atoms with Crippen molar-refractivity contribution in [3.63, 3.8) is 0 Å². The van der Waals surface area contributed by atoms with Gasteiger partial charge in [0.15, 0.2) is 5.84 Å². The van der Waals surface area contributed by atoms with Gasteiger partial charge in [-0.1, -0.05) is 32.3 Å². The molecule has 1 aliphatic carbocycles. The van der Waals surface area contributed by atoms with Gasteiger partial charge in [-0.25, -0.2) is 4.98 Å². The highest BCUT2D eigenvalue weighted by Gasteiger charge is 2.32. The van der Waals surface area contributed by atoms with Gasteiger partial charge in [-0.05, 0) is 36.7 Å². The zero-order chi connectivity index (χ0) is 15.4. The van der Waals surface area contributed by atoms with Crippen LogP contribution in [0.3, 0.4) is 0 Å². The van der Waals surface area contributed by atoms with E-state index in [2.05, 4.69) is 30.9 Å². The molecule has 1 saturated carbocycles. The van der Waals surface area contributed by atoms with Gasteiger partial charge < -0.3 is 15.7 Å². The zero-order valence-electron chi connectivity index (χ0n) is 13.0. The molecule has 0 bridgehead atoms. The Balaban J connectivity index is 2.15. The minimum absolute atomic E-state index is 0.0691. The van der Waals surface area contributed by atoms with E-state index in [1.54, 1.807) is 18.3 Å². The smallest absolute Gasteiger partial charge is 0.214 e. The SMILES string of the molecule is CC1CCC(C(C)C)C(Oc2cc(/C(N)=N/O)ccn2)C1. The third kappa shape index (κ3) is 3.86. The summed E-state index contributed by atoms with van der Waals surface area (Å²) in [5.74, 6) is 2.44. The van der Waals surface area contributed by atoms with E-state index in [0.717, 1.165) is 6.42 Å². The fourth-order valence-corrected chi connectivity index (χ4v) is 3.10. The number of aromatic nitrogens is 1. The molecule has 0 saturated heterocycles. The molecule has 0 aromatic carbocycles. The fraction of sp³-hybridized carbons (Fsp3) is 0.625. The van der Waals surface area contributed by atoms with Crippen LogP contribution in [0.5, 0.6) is 5.88 Å². The summed E-state index contributed by atoms with van der Waals surface area (Å²) in [4.78, 5) is 4.25. The Bertz CT molecular complexity index is 502. The lowest BCUT2D eigenvalue weighted by molar-refractivity contribution is 0.0426. The third-order valence-electron chi connectivity index (χ3n) is 4.37. The number of hydrogen-bond acceptors (Lipinski definition) is 4. The zero-order valence-corrected chi connectivity index (χ0v) is 13.0. The standard InChI is InChI=1S/C16H25N3O2/c1-10(2)13-5-4-11(3)8-14(13)21-15-9-12(6-7-18-15)16(17)19-20/h6-7,9-11,13-14,20H,4-5,8H2,1-3H3,(H2,17,19). The molecule has 1 aromatic rings. The van der Waals surface area contributed by atoms with Crippen LogP contribution in [0.2, 0.25) is 0 Å². The van der Waals surface area contributed by atoms with Crippen molar-refractivity contribution in [2.24, 2.45) is 28.6 Å². The summed E-state index contributed by atoms with van der Waals surface area (Å²) < 4.78 is 6.13. The monoisotopic (exact) mass is 291 g/mol. The van der Waals surface area contributed by atoms with Crippen LogP contribution in [0.25, 0.3) is 0 Å². The second-order valence-electron chi connectivity index (χ2n) is 6.35. The fourth-order valence-electron chi connectivity index (χ4n) is 3.10. The Morgan fingerprint density at radius 1 is 1.48 bits per heavy atom. The summed E-state index contributed by atoms with van der Waals surface area (Å²) >= 11 is 0. The summed E-state index contributed by atoms with van der Waals surface area (Å²) in [7, 11) is 0. The van der Waals surface area contributed by atoms with E-state index in [1.165, 1.54) is 12.8 Å². The normalized spacial score (nSPS) is 26.9. The van der Waals surface area contributed by atoms with Crippen LogP contribution >= 0.6 is 0 Å². The van der Waals surface area contributed by atoms with Crippen molar-refractivity contribution in [3.8, 4) is 5.88 Å². The van der Waals surface area contributed by atoms with Crippen molar-refractivity contribution in [3.05, 3.63) is 23.9 Å². The average Bonchev–Trinajstić information content (AvgIpc) is 2.46. The van der Waals surface area contributed by atoms with Crippen LogP contribution in [0.4, 0.5) is 0 Å². The highest BCUT2D eigenvalue weighted by Crippen LogP contribution is 2.35. The highest BCUT2D eigenvalue weighted by molar-refractivity contribution is 5.97. The number of oxime groups is 1. The molecule has 1 aromatic heterocycles. The maximum atomic E-state index is 8.75. The largest absolute Gasteiger partial charge is 0.474 e. The van der Waals surface area contributed by atoms with Crippen molar-refractivity contribution in [2.75, 3.05) is 0 Å². The molecule has 1 fully saturated rings. The van der Waals surface area contributed by atoms with Crippen LogP contribution in [-0.4, -0.2) is 22.1 Å². The van der Waals surface area contributed by atoms with Crippen LogP contribution in [0.15, 0.2) is 23.5 Å². The van der Waals surface area contributed by atoms with Gasteiger partial charge in [-0.2, -0.15) is 0 Å². The molecule has 0 radical (unpaired) electrons. The van der Waals surface area contributed by atoms with Gasteiger partial charge >= 0.3 is 0 Å². The van der Waals surface area contributed by atoms with Crippen LogP contribution < -0.4 is 10.5 Å². The van der Waals surface area contributed by atoms with Gasteiger partial charge in [0, 0.05) is 17.8 Å². The first-order valence-corrected chi connectivity index (χ1v) is 7.61. The number of ether oxygens (including phenoxy) is 1. The summed E-state index contributed by atoms with van der Waals surface area (Å²) in [5.41, 5.74) is 6.23. The van der Waals surface area contributed by atoms with E-state index in [9.17, 15) is 0 Å². The van der Waals surface area contributed by atoms with Gasteiger partial charge in [0.1, 0.15) is 6.10 Å². The second-order valence-corrected chi connectivity index (χ2v) is 6.35. The van der Waals surface area contributed by atoms with E-state index in [1.807, 2.05) is 0 Å². The van der Waals surface area contributed by atoms with Crippen LogP contribution in [-0.2, 0) is 0 Å². The van der Waals surface area contributed by atoms with Crippen molar-refractivity contribution in [1.29, 1.82) is 0 Å². The summed E-state index contributed by atoms with van der Waals surface area (Å²) in [6.07, 6.45) is 5.32. The van der Waals surface area contributed by atoms with E-state index < -0.39 is 0 Å². The quantitative estimate of drug-likeness (QED) is 0.387. The van der Waals surface area contributed by atoms with E-state index in [-0.39, 0.29) is 11.9 Å². The summed E-state index contributed by atoms with van der Waals surface area (Å²) in [6, 6.07) is 3.43. The summed E-state index contributed by atoms with van der Waals surface area (Å²) in [6.45, 7) is 6.77. The molecule has 5 nitrogen and oxygen atoms in total. The first-order chi connectivity index (χ1) is 10.0. The van der Waals surface area contributed by atoms with Crippen molar-refractivity contribution in [2.45, 2.75) is 46.1 Å². The van der Waals surface area contributed by atoms with Gasteiger partial charge in [0.05, 0.1) is 0 Å². The van der Waals surface area contributed by atoms with E-state index >= 15 is 0 Å². The van der Waals surface area contributed by atoms with Gasteiger partial charge in [0.2, 0.25) is 5.88 Å². The molecule has 3 N–H and O–H groups in total. The second kappa shape index (κ2) is 6.78. The number of nitrogens with two attached hydrogens (primary N) is 1. The first kappa shape index (κ1) is 15.6. The van der Waals surface area contributed by atoms with E-state index in [0.29, 0.717) is 29.2 Å². The Kier molecular flexibility index (Phi) is 5.04. The topological polar surface area (TPSA) is 80.7 Å². The lowest BCUT2D eigenvalue weighted by Gasteiger charge is -2.37. The highest BCUT2D eigenvalue weighted by atomic mass is 16.5. The Hall–Kier alpha value is -1.78. The minimum atomic E-state index is 0.0691. The maximum absolute atomic E-state index is 8.75. The van der Waals surface area contributed by atoms with Gasteiger partial charge in [0.25, 0.3) is 0 Å². The Morgan fingerprint density at radius 3 is 2.90 bits per heavy atom. The number of pyridine rings is 1. The molecule has 2 rings (SSSR count). The summed E-state index contributed by atoms with van der Waals surface area (Å²) in [5, 5.41) is 11.8. The minimum Gasteiger partial charge on any atom is -0.474 e. The molecule has 21 heavy (non-hydrogen) atoms. The molecule has 0 aliphatic heterocycles. The Morgan fingerprint density at radius 2 is 2.24 bits per heavy atom. The number of hydrogen-bond donors (Lipinski definition) is 2. The predicted molar refractivity (Wildman–Crippen MR) is 82.5 cm³/mol. The molecular formula is C16H25N3O2. The van der Waals surface area contributed by atoms with Gasteiger partial charge in [-0.15, -0.1) is 0 Å². The number of nitrogens with zero attached hydrogens (tertiary/aromatic N) is 2. The van der Waals surface area contributed by atoms with Crippen molar-refractivity contribution < 1.29 is 9.94 Å². The Labute approximate surface area is 126 Å². The lowest BCUT2D eigenvalue weighted by Crippen LogP contribution is -2.36. The maximum Gasteiger partial charge on any atom is 0.214 e. The van der Waals surface area contributed by atoms with Gasteiger partial charge in [-0.3, -0.25) is 0 Å². The molecule has 3 atom stereocenters.